The van der Waals surface area contributed by atoms with Gasteiger partial charge in [-0.2, -0.15) is 0 Å². The van der Waals surface area contributed by atoms with Crippen LogP contribution >= 0.6 is 11.8 Å². The van der Waals surface area contributed by atoms with E-state index in [9.17, 15) is 0 Å². The zero-order valence-corrected chi connectivity index (χ0v) is 6.37. The summed E-state index contributed by atoms with van der Waals surface area (Å²) < 4.78 is 0. The molecule has 1 heterocycles. The average molecular weight is 131 g/mol. The van der Waals surface area contributed by atoms with Crippen molar-refractivity contribution in [2.24, 2.45) is 0 Å². The molecule has 1 saturated heterocycles. The fourth-order valence-electron chi connectivity index (χ4n) is 0.885. The Balaban J connectivity index is 2.15. The van der Waals surface area contributed by atoms with Crippen molar-refractivity contribution in [2.45, 2.75) is 19.2 Å². The molecular weight excluding hydrogens is 118 g/mol. The highest BCUT2D eigenvalue weighted by Gasteiger charge is 2.27. The largest absolute Gasteiger partial charge is 0.291 e. The van der Waals surface area contributed by atoms with Crippen LogP contribution in [0.15, 0.2) is 0 Å². The Labute approximate surface area is 55.4 Å². The van der Waals surface area contributed by atoms with Crippen LogP contribution in [0, 0.1) is 0 Å². The van der Waals surface area contributed by atoms with E-state index in [0.717, 1.165) is 5.37 Å². The van der Waals surface area contributed by atoms with Crippen molar-refractivity contribution in [3.05, 3.63) is 0 Å². The molecule has 48 valence electrons. The molecule has 1 aliphatic rings. The van der Waals surface area contributed by atoms with Gasteiger partial charge in [0.05, 0.1) is 5.37 Å². The van der Waals surface area contributed by atoms with Gasteiger partial charge in [-0.3, -0.25) is 4.90 Å². The van der Waals surface area contributed by atoms with E-state index in [-0.39, 0.29) is 0 Å². The lowest BCUT2D eigenvalue weighted by Gasteiger charge is -2.14. The van der Waals surface area contributed by atoms with Crippen LogP contribution in [-0.2, 0) is 0 Å². The summed E-state index contributed by atoms with van der Waals surface area (Å²) in [6.07, 6.45) is 0. The van der Waals surface area contributed by atoms with E-state index in [2.05, 4.69) is 30.5 Å². The maximum Gasteiger partial charge on any atom is 0.0650 e. The lowest BCUT2D eigenvalue weighted by atomic mass is 10.5. The fraction of sp³-hybridized carbons (Fsp3) is 1.00. The summed E-state index contributed by atoms with van der Waals surface area (Å²) in [6, 6.07) is 0. The minimum absolute atomic E-state index is 0.880. The van der Waals surface area contributed by atoms with Gasteiger partial charge in [0, 0.05) is 5.75 Å². The van der Waals surface area contributed by atoms with Crippen LogP contribution in [-0.4, -0.2) is 29.1 Å². The molecule has 1 aliphatic heterocycles. The molecule has 0 aromatic rings. The standard InChI is InChI=1S/C6H13NS/c1-3-7(4-2)6-5-8-6/h6H,3-5H2,1-2H3. The molecule has 0 saturated carbocycles. The molecule has 8 heavy (non-hydrogen) atoms. The SMILES string of the molecule is CCN(CC)C1CS1. The van der Waals surface area contributed by atoms with Crippen LogP contribution in [0.1, 0.15) is 13.8 Å². The third-order valence-electron chi connectivity index (χ3n) is 1.54. The predicted molar refractivity (Wildman–Crippen MR) is 39.2 cm³/mol. The summed E-state index contributed by atoms with van der Waals surface area (Å²) in [6.45, 7) is 6.88. The van der Waals surface area contributed by atoms with Gasteiger partial charge in [0.15, 0.2) is 0 Å². The topological polar surface area (TPSA) is 3.24 Å². The fourth-order valence-corrected chi connectivity index (χ4v) is 1.69. The Morgan fingerprint density at radius 2 is 2.00 bits per heavy atom. The summed E-state index contributed by atoms with van der Waals surface area (Å²) in [5.74, 6) is 1.36. The Morgan fingerprint density at radius 1 is 1.50 bits per heavy atom. The number of thioether (sulfide) groups is 1. The van der Waals surface area contributed by atoms with Crippen molar-refractivity contribution in [3.63, 3.8) is 0 Å². The summed E-state index contributed by atoms with van der Waals surface area (Å²) in [5.41, 5.74) is 0. The van der Waals surface area contributed by atoms with Crippen LogP contribution in [0.25, 0.3) is 0 Å². The van der Waals surface area contributed by atoms with Crippen molar-refractivity contribution >= 4 is 11.8 Å². The Bertz CT molecular complexity index is 66.9. The summed E-state index contributed by atoms with van der Waals surface area (Å²) >= 11 is 2.05. The second-order valence-electron chi connectivity index (χ2n) is 2.01. The van der Waals surface area contributed by atoms with Gasteiger partial charge in [0.1, 0.15) is 0 Å². The first-order chi connectivity index (χ1) is 3.88. The molecule has 0 bridgehead atoms. The zero-order valence-electron chi connectivity index (χ0n) is 5.55. The van der Waals surface area contributed by atoms with Gasteiger partial charge in [-0.05, 0) is 13.1 Å². The molecule has 0 spiro atoms. The predicted octanol–water partition coefficient (Wildman–Crippen LogP) is 1.40. The third-order valence-corrected chi connectivity index (χ3v) is 2.46. The molecule has 0 aromatic carbocycles. The minimum Gasteiger partial charge on any atom is -0.291 e. The van der Waals surface area contributed by atoms with Gasteiger partial charge < -0.3 is 0 Å². The van der Waals surface area contributed by atoms with Gasteiger partial charge in [0.2, 0.25) is 0 Å². The highest BCUT2D eigenvalue weighted by molar-refractivity contribution is 8.06. The molecule has 1 fully saturated rings. The maximum atomic E-state index is 2.49. The number of nitrogens with zero attached hydrogens (tertiary/aromatic N) is 1. The van der Waals surface area contributed by atoms with Crippen molar-refractivity contribution in [1.82, 2.24) is 4.90 Å². The first-order valence-corrected chi connectivity index (χ1v) is 4.29. The molecule has 1 unspecified atom stereocenters. The van der Waals surface area contributed by atoms with Crippen LogP contribution in [0.5, 0.6) is 0 Å². The van der Waals surface area contributed by atoms with Crippen molar-refractivity contribution in [3.8, 4) is 0 Å². The second-order valence-corrected chi connectivity index (χ2v) is 3.22. The molecule has 1 rings (SSSR count). The van der Waals surface area contributed by atoms with Gasteiger partial charge in [-0.1, -0.05) is 13.8 Å². The molecule has 0 aromatic heterocycles. The quantitative estimate of drug-likeness (QED) is 0.533. The van der Waals surface area contributed by atoms with Crippen LogP contribution in [0.3, 0.4) is 0 Å². The van der Waals surface area contributed by atoms with Crippen LogP contribution < -0.4 is 0 Å². The van der Waals surface area contributed by atoms with Gasteiger partial charge >= 0.3 is 0 Å². The molecule has 2 heteroatoms. The normalized spacial score (nSPS) is 26.6. The van der Waals surface area contributed by atoms with E-state index in [0.29, 0.717) is 0 Å². The zero-order chi connectivity index (χ0) is 5.98. The van der Waals surface area contributed by atoms with Crippen LogP contribution in [0.2, 0.25) is 0 Å². The number of hydrogen-bond donors (Lipinski definition) is 0. The van der Waals surface area contributed by atoms with E-state index in [1.165, 1.54) is 18.8 Å². The molecule has 0 amide bonds. The second kappa shape index (κ2) is 2.74. The Morgan fingerprint density at radius 3 is 2.12 bits per heavy atom. The van der Waals surface area contributed by atoms with E-state index >= 15 is 0 Å². The molecule has 1 nitrogen and oxygen atoms in total. The highest BCUT2D eigenvalue weighted by Crippen LogP contribution is 2.32. The Hall–Kier alpha value is 0.310. The maximum absolute atomic E-state index is 2.49. The number of hydrogen-bond acceptors (Lipinski definition) is 2. The van der Waals surface area contributed by atoms with Gasteiger partial charge in [-0.15, -0.1) is 11.8 Å². The van der Waals surface area contributed by atoms with Crippen molar-refractivity contribution in [1.29, 1.82) is 0 Å². The van der Waals surface area contributed by atoms with E-state index in [4.69, 9.17) is 0 Å². The molecular formula is C6H13NS. The molecule has 0 radical (unpaired) electrons. The van der Waals surface area contributed by atoms with Gasteiger partial charge in [-0.25, -0.2) is 0 Å². The lowest BCUT2D eigenvalue weighted by molar-refractivity contribution is 0.317. The Kier molecular flexibility index (Phi) is 2.20. The van der Waals surface area contributed by atoms with E-state index < -0.39 is 0 Å². The number of rotatable bonds is 3. The average Bonchev–Trinajstić information content (AvgIpc) is 2.53. The monoisotopic (exact) mass is 131 g/mol. The van der Waals surface area contributed by atoms with Crippen molar-refractivity contribution in [2.75, 3.05) is 18.8 Å². The minimum atomic E-state index is 0.880. The highest BCUT2D eigenvalue weighted by atomic mass is 32.2. The first-order valence-electron chi connectivity index (χ1n) is 3.24. The lowest BCUT2D eigenvalue weighted by Crippen LogP contribution is -2.24. The molecule has 1 atom stereocenters. The smallest absolute Gasteiger partial charge is 0.0650 e. The first kappa shape index (κ1) is 6.43. The summed E-state index contributed by atoms with van der Waals surface area (Å²) in [5, 5.41) is 0.880. The van der Waals surface area contributed by atoms with Crippen molar-refractivity contribution < 1.29 is 0 Å². The van der Waals surface area contributed by atoms with Gasteiger partial charge in [0.25, 0.3) is 0 Å². The molecule has 0 aliphatic carbocycles. The summed E-state index contributed by atoms with van der Waals surface area (Å²) in [7, 11) is 0. The summed E-state index contributed by atoms with van der Waals surface area (Å²) in [4.78, 5) is 2.49. The van der Waals surface area contributed by atoms with E-state index in [1.807, 2.05) is 0 Å². The van der Waals surface area contributed by atoms with E-state index in [1.54, 1.807) is 0 Å². The third kappa shape index (κ3) is 1.39. The molecule has 0 N–H and O–H groups in total. The van der Waals surface area contributed by atoms with Crippen LogP contribution in [0.4, 0.5) is 0 Å².